The normalized spacial score (nSPS) is 14.8. The summed E-state index contributed by atoms with van der Waals surface area (Å²) in [5.41, 5.74) is 0. The van der Waals surface area contributed by atoms with E-state index in [1.807, 2.05) is 24.0 Å². The zero-order valence-corrected chi connectivity index (χ0v) is 15.0. The SMILES string of the molecule is Cc1nnc(N2CCN(C(=O)CCOc3ccccc3Cl)CC2)s1. The molecule has 6 nitrogen and oxygen atoms in total. The van der Waals surface area contributed by atoms with Gasteiger partial charge >= 0.3 is 0 Å². The summed E-state index contributed by atoms with van der Waals surface area (Å²) in [6.07, 6.45) is 0.350. The number of amides is 1. The highest BCUT2D eigenvalue weighted by Gasteiger charge is 2.22. The van der Waals surface area contributed by atoms with Crippen LogP contribution in [-0.4, -0.2) is 53.8 Å². The highest BCUT2D eigenvalue weighted by atomic mass is 35.5. The van der Waals surface area contributed by atoms with Crippen molar-refractivity contribution in [3.8, 4) is 5.75 Å². The Kier molecular flexibility index (Phi) is 5.52. The summed E-state index contributed by atoms with van der Waals surface area (Å²) in [5, 5.41) is 10.7. The van der Waals surface area contributed by atoms with Crippen LogP contribution in [0.2, 0.25) is 5.02 Å². The Balaban J connectivity index is 1.43. The molecule has 0 radical (unpaired) electrons. The van der Waals surface area contributed by atoms with Crippen molar-refractivity contribution in [3.63, 3.8) is 0 Å². The van der Waals surface area contributed by atoms with Gasteiger partial charge in [-0.25, -0.2) is 0 Å². The lowest BCUT2D eigenvalue weighted by atomic mass is 10.3. The van der Waals surface area contributed by atoms with Crippen molar-refractivity contribution >= 4 is 34.0 Å². The molecule has 2 heterocycles. The maximum atomic E-state index is 12.3. The van der Waals surface area contributed by atoms with E-state index in [4.69, 9.17) is 16.3 Å². The van der Waals surface area contributed by atoms with E-state index in [0.29, 0.717) is 36.9 Å². The molecule has 0 bridgehead atoms. The number of carbonyl (C=O) groups excluding carboxylic acids is 1. The second kappa shape index (κ2) is 7.81. The molecule has 0 spiro atoms. The highest BCUT2D eigenvalue weighted by Crippen LogP contribution is 2.23. The third-order valence-corrected chi connectivity index (χ3v) is 5.04. The van der Waals surface area contributed by atoms with Crippen LogP contribution in [0.25, 0.3) is 0 Å². The summed E-state index contributed by atoms with van der Waals surface area (Å²) in [4.78, 5) is 16.3. The number of rotatable bonds is 5. The minimum absolute atomic E-state index is 0.107. The Morgan fingerprint density at radius 1 is 1.25 bits per heavy atom. The minimum Gasteiger partial charge on any atom is -0.491 e. The predicted molar refractivity (Wildman–Crippen MR) is 95.0 cm³/mol. The molecule has 0 saturated carbocycles. The minimum atomic E-state index is 0.107. The van der Waals surface area contributed by atoms with E-state index in [2.05, 4.69) is 15.1 Å². The van der Waals surface area contributed by atoms with Gasteiger partial charge in [-0.15, -0.1) is 10.2 Å². The van der Waals surface area contributed by atoms with Gasteiger partial charge in [0.05, 0.1) is 18.1 Å². The average molecular weight is 367 g/mol. The van der Waals surface area contributed by atoms with Crippen molar-refractivity contribution in [1.82, 2.24) is 15.1 Å². The van der Waals surface area contributed by atoms with Crippen LogP contribution >= 0.6 is 22.9 Å². The summed E-state index contributed by atoms with van der Waals surface area (Å²) in [5.74, 6) is 0.721. The molecule has 1 aromatic carbocycles. The summed E-state index contributed by atoms with van der Waals surface area (Å²) >= 11 is 7.61. The maximum Gasteiger partial charge on any atom is 0.226 e. The monoisotopic (exact) mass is 366 g/mol. The summed E-state index contributed by atoms with van der Waals surface area (Å²) in [6.45, 7) is 5.24. The molecule has 1 saturated heterocycles. The number of nitrogens with zero attached hydrogens (tertiary/aromatic N) is 4. The first-order valence-electron chi connectivity index (χ1n) is 7.83. The van der Waals surface area contributed by atoms with Crippen molar-refractivity contribution < 1.29 is 9.53 Å². The smallest absolute Gasteiger partial charge is 0.226 e. The number of piperazine rings is 1. The fraction of sp³-hybridized carbons (Fsp3) is 0.438. The predicted octanol–water partition coefficient (Wildman–Crippen LogP) is 2.62. The fourth-order valence-corrected chi connectivity index (χ4v) is 3.46. The summed E-state index contributed by atoms with van der Waals surface area (Å²) < 4.78 is 5.58. The quantitative estimate of drug-likeness (QED) is 0.814. The van der Waals surface area contributed by atoms with Crippen molar-refractivity contribution in [1.29, 1.82) is 0 Å². The Morgan fingerprint density at radius 3 is 2.67 bits per heavy atom. The van der Waals surface area contributed by atoms with E-state index in [1.54, 1.807) is 23.5 Å². The molecule has 128 valence electrons. The van der Waals surface area contributed by atoms with Gasteiger partial charge < -0.3 is 14.5 Å². The van der Waals surface area contributed by atoms with Gasteiger partial charge in [0.15, 0.2) is 0 Å². The van der Waals surface area contributed by atoms with Gasteiger partial charge in [-0.05, 0) is 19.1 Å². The summed E-state index contributed by atoms with van der Waals surface area (Å²) in [7, 11) is 0. The second-order valence-electron chi connectivity index (χ2n) is 5.50. The lowest BCUT2D eigenvalue weighted by Gasteiger charge is -2.34. The van der Waals surface area contributed by atoms with Gasteiger partial charge in [0.1, 0.15) is 10.8 Å². The van der Waals surface area contributed by atoms with Crippen LogP contribution in [0.15, 0.2) is 24.3 Å². The lowest BCUT2D eigenvalue weighted by Crippen LogP contribution is -2.49. The number of para-hydroxylation sites is 1. The molecule has 0 unspecified atom stereocenters. The van der Waals surface area contributed by atoms with E-state index in [0.717, 1.165) is 23.2 Å². The van der Waals surface area contributed by atoms with Crippen molar-refractivity contribution in [3.05, 3.63) is 34.3 Å². The largest absolute Gasteiger partial charge is 0.491 e. The first kappa shape index (κ1) is 17.0. The van der Waals surface area contributed by atoms with Crippen LogP contribution in [-0.2, 0) is 4.79 Å². The molecule has 2 aromatic rings. The molecular formula is C16H19ClN4O2S. The van der Waals surface area contributed by atoms with Crippen LogP contribution in [0.5, 0.6) is 5.75 Å². The van der Waals surface area contributed by atoms with E-state index < -0.39 is 0 Å². The molecule has 8 heteroatoms. The maximum absolute atomic E-state index is 12.3. The van der Waals surface area contributed by atoms with Gasteiger partial charge in [-0.1, -0.05) is 35.1 Å². The molecular weight excluding hydrogens is 348 g/mol. The molecule has 0 atom stereocenters. The number of benzene rings is 1. The second-order valence-corrected chi connectivity index (χ2v) is 7.07. The number of anilines is 1. The topological polar surface area (TPSA) is 58.6 Å². The molecule has 0 N–H and O–H groups in total. The molecule has 3 rings (SSSR count). The number of hydrogen-bond donors (Lipinski definition) is 0. The Morgan fingerprint density at radius 2 is 2.00 bits per heavy atom. The fourth-order valence-electron chi connectivity index (χ4n) is 2.53. The van der Waals surface area contributed by atoms with Crippen molar-refractivity contribution in [2.45, 2.75) is 13.3 Å². The highest BCUT2D eigenvalue weighted by molar-refractivity contribution is 7.15. The van der Waals surface area contributed by atoms with E-state index in [1.165, 1.54) is 0 Å². The molecule has 1 aliphatic heterocycles. The van der Waals surface area contributed by atoms with Crippen LogP contribution in [0.3, 0.4) is 0 Å². The van der Waals surface area contributed by atoms with Gasteiger partial charge in [0.25, 0.3) is 0 Å². The molecule has 1 amide bonds. The Bertz CT molecular complexity index is 701. The van der Waals surface area contributed by atoms with Crippen molar-refractivity contribution in [2.24, 2.45) is 0 Å². The first-order chi connectivity index (χ1) is 11.6. The summed E-state index contributed by atoms with van der Waals surface area (Å²) in [6, 6.07) is 7.28. The molecule has 24 heavy (non-hydrogen) atoms. The van der Waals surface area contributed by atoms with E-state index in [-0.39, 0.29) is 5.91 Å². The van der Waals surface area contributed by atoms with Crippen LogP contribution in [0, 0.1) is 6.92 Å². The molecule has 1 aliphatic rings. The van der Waals surface area contributed by atoms with Gasteiger partial charge in [0, 0.05) is 26.2 Å². The Labute approximate surface area is 150 Å². The number of aryl methyl sites for hydroxylation is 1. The van der Waals surface area contributed by atoms with Crippen molar-refractivity contribution in [2.75, 3.05) is 37.7 Å². The average Bonchev–Trinajstić information content (AvgIpc) is 3.03. The number of halogens is 1. The van der Waals surface area contributed by atoms with Crippen LogP contribution < -0.4 is 9.64 Å². The standard InChI is InChI=1S/C16H19ClN4O2S/c1-12-18-19-16(24-12)21-9-7-20(8-10-21)15(22)6-11-23-14-5-3-2-4-13(14)17/h2-5H,6-11H2,1H3. The zero-order valence-electron chi connectivity index (χ0n) is 13.4. The van der Waals surface area contributed by atoms with Crippen LogP contribution in [0.1, 0.15) is 11.4 Å². The third kappa shape index (κ3) is 4.15. The lowest BCUT2D eigenvalue weighted by molar-refractivity contribution is -0.132. The zero-order chi connectivity index (χ0) is 16.9. The first-order valence-corrected chi connectivity index (χ1v) is 9.03. The van der Waals surface area contributed by atoms with Gasteiger partial charge in [0.2, 0.25) is 11.0 Å². The van der Waals surface area contributed by atoms with Crippen LogP contribution in [0.4, 0.5) is 5.13 Å². The number of aromatic nitrogens is 2. The van der Waals surface area contributed by atoms with E-state index in [9.17, 15) is 4.79 Å². The van der Waals surface area contributed by atoms with Gasteiger partial charge in [-0.2, -0.15) is 0 Å². The third-order valence-electron chi connectivity index (χ3n) is 3.83. The van der Waals surface area contributed by atoms with E-state index >= 15 is 0 Å². The van der Waals surface area contributed by atoms with Gasteiger partial charge in [-0.3, -0.25) is 4.79 Å². The Hall–Kier alpha value is -1.86. The number of hydrogen-bond acceptors (Lipinski definition) is 6. The molecule has 1 aromatic heterocycles. The number of ether oxygens (including phenoxy) is 1. The molecule has 0 aliphatic carbocycles. The molecule has 1 fully saturated rings. The number of carbonyl (C=O) groups is 1.